The smallest absolute Gasteiger partial charge is 0.309 e. The van der Waals surface area contributed by atoms with Crippen LogP contribution >= 0.6 is 0 Å². The Kier molecular flexibility index (Phi) is 3.55. The molecule has 0 amide bonds. The van der Waals surface area contributed by atoms with Gasteiger partial charge in [0.15, 0.2) is 12.4 Å². The number of carbonyl (C=O) groups excluding carboxylic acids is 2. The van der Waals surface area contributed by atoms with E-state index in [1.807, 2.05) is 24.1 Å². The number of para-hydroxylation sites is 1. The summed E-state index contributed by atoms with van der Waals surface area (Å²) in [7, 11) is 1.96. The van der Waals surface area contributed by atoms with E-state index in [1.54, 1.807) is 6.08 Å². The highest BCUT2D eigenvalue weighted by Gasteiger charge is 2.38. The van der Waals surface area contributed by atoms with Crippen molar-refractivity contribution in [1.29, 1.82) is 0 Å². The number of rotatable bonds is 4. The second-order valence-corrected chi connectivity index (χ2v) is 6.58. The van der Waals surface area contributed by atoms with Crippen molar-refractivity contribution < 1.29 is 14.3 Å². The van der Waals surface area contributed by atoms with E-state index in [4.69, 9.17) is 4.74 Å². The van der Waals surface area contributed by atoms with Crippen LogP contribution in [0.25, 0.3) is 0 Å². The molecule has 1 aliphatic heterocycles. The number of fused-ring (bicyclic) bond motifs is 1. The molecule has 1 aromatic carbocycles. The highest BCUT2D eigenvalue weighted by Crippen LogP contribution is 2.46. The van der Waals surface area contributed by atoms with Crippen molar-refractivity contribution in [2.24, 2.45) is 5.92 Å². The predicted molar refractivity (Wildman–Crippen MR) is 84.6 cm³/mol. The number of hydrogen-bond donors (Lipinski definition) is 0. The van der Waals surface area contributed by atoms with Gasteiger partial charge in [-0.25, -0.2) is 0 Å². The van der Waals surface area contributed by atoms with Gasteiger partial charge >= 0.3 is 5.97 Å². The van der Waals surface area contributed by atoms with Gasteiger partial charge in [0.1, 0.15) is 0 Å². The average molecular weight is 299 g/mol. The van der Waals surface area contributed by atoms with Crippen LogP contribution in [0.4, 0.5) is 5.69 Å². The third kappa shape index (κ3) is 2.54. The zero-order chi connectivity index (χ0) is 15.9. The van der Waals surface area contributed by atoms with E-state index in [0.29, 0.717) is 0 Å². The van der Waals surface area contributed by atoms with E-state index in [-0.39, 0.29) is 29.7 Å². The van der Waals surface area contributed by atoms with Crippen molar-refractivity contribution in [2.75, 3.05) is 18.6 Å². The Morgan fingerprint density at radius 1 is 1.32 bits per heavy atom. The summed E-state index contributed by atoms with van der Waals surface area (Å²) in [6.45, 7) is 4.04. The Bertz CT molecular complexity index is 656. The fourth-order valence-electron chi connectivity index (χ4n) is 3.03. The Hall–Kier alpha value is -2.10. The van der Waals surface area contributed by atoms with Crippen molar-refractivity contribution >= 4 is 17.4 Å². The summed E-state index contributed by atoms with van der Waals surface area (Å²) in [5.41, 5.74) is 3.01. The number of anilines is 1. The molecular formula is C18H21NO3. The summed E-state index contributed by atoms with van der Waals surface area (Å²) >= 11 is 0. The molecule has 0 radical (unpaired) electrons. The molecule has 1 heterocycles. The van der Waals surface area contributed by atoms with Crippen LogP contribution < -0.4 is 4.90 Å². The Balaban J connectivity index is 1.76. The largest absolute Gasteiger partial charge is 0.457 e. The van der Waals surface area contributed by atoms with E-state index in [1.165, 1.54) is 5.56 Å². The SMILES string of the molecule is CN1C(=CC(=O)COC(=O)C2CC2)C(C)(C)c2ccccc21. The van der Waals surface area contributed by atoms with Crippen molar-refractivity contribution in [3.63, 3.8) is 0 Å². The minimum atomic E-state index is -0.242. The maximum Gasteiger partial charge on any atom is 0.309 e. The molecule has 4 nitrogen and oxygen atoms in total. The maximum absolute atomic E-state index is 12.2. The number of ketones is 1. The fraction of sp³-hybridized carbons (Fsp3) is 0.444. The first-order valence-electron chi connectivity index (χ1n) is 7.66. The van der Waals surface area contributed by atoms with E-state index in [2.05, 4.69) is 26.0 Å². The van der Waals surface area contributed by atoms with E-state index < -0.39 is 0 Å². The van der Waals surface area contributed by atoms with Gasteiger partial charge in [-0.3, -0.25) is 9.59 Å². The lowest BCUT2D eigenvalue weighted by molar-refractivity contribution is -0.148. The van der Waals surface area contributed by atoms with Gasteiger partial charge in [0.25, 0.3) is 0 Å². The normalized spacial score (nSPS) is 20.9. The zero-order valence-electron chi connectivity index (χ0n) is 13.3. The van der Waals surface area contributed by atoms with Gasteiger partial charge in [-0.1, -0.05) is 32.0 Å². The summed E-state index contributed by atoms with van der Waals surface area (Å²) in [6, 6.07) is 8.14. The molecule has 0 spiro atoms. The number of esters is 1. The van der Waals surface area contributed by atoms with Gasteiger partial charge in [0.05, 0.1) is 5.92 Å². The minimum absolute atomic E-state index is 0.0234. The number of allylic oxidation sites excluding steroid dienone is 1. The van der Waals surface area contributed by atoms with Gasteiger partial charge in [-0.2, -0.15) is 0 Å². The number of hydrogen-bond acceptors (Lipinski definition) is 4. The second kappa shape index (κ2) is 5.27. The number of nitrogens with zero attached hydrogens (tertiary/aromatic N) is 1. The quantitative estimate of drug-likeness (QED) is 0.633. The molecule has 1 fully saturated rings. The Morgan fingerprint density at radius 3 is 2.64 bits per heavy atom. The second-order valence-electron chi connectivity index (χ2n) is 6.58. The van der Waals surface area contributed by atoms with Crippen LogP contribution in [0.2, 0.25) is 0 Å². The van der Waals surface area contributed by atoms with Gasteiger partial charge in [-0.05, 0) is 24.5 Å². The van der Waals surface area contributed by atoms with Crippen molar-refractivity contribution in [1.82, 2.24) is 0 Å². The minimum Gasteiger partial charge on any atom is -0.457 e. The molecule has 0 aromatic heterocycles. The van der Waals surface area contributed by atoms with Crippen LogP contribution in [-0.4, -0.2) is 25.4 Å². The zero-order valence-corrected chi connectivity index (χ0v) is 13.3. The molecule has 2 aliphatic rings. The number of likely N-dealkylation sites (N-methyl/N-ethyl adjacent to an activating group) is 1. The molecule has 1 aliphatic carbocycles. The molecule has 1 saturated carbocycles. The van der Waals surface area contributed by atoms with Crippen molar-refractivity contribution in [3.8, 4) is 0 Å². The van der Waals surface area contributed by atoms with Crippen LogP contribution in [0.15, 0.2) is 36.0 Å². The molecule has 0 unspecified atom stereocenters. The molecule has 22 heavy (non-hydrogen) atoms. The van der Waals surface area contributed by atoms with E-state index >= 15 is 0 Å². The first-order valence-corrected chi connectivity index (χ1v) is 7.66. The lowest BCUT2D eigenvalue weighted by atomic mass is 9.83. The van der Waals surface area contributed by atoms with Gasteiger partial charge in [-0.15, -0.1) is 0 Å². The van der Waals surface area contributed by atoms with Crippen LogP contribution in [0.1, 0.15) is 32.3 Å². The first-order chi connectivity index (χ1) is 10.4. The lowest BCUT2D eigenvalue weighted by Gasteiger charge is -2.23. The summed E-state index contributed by atoms with van der Waals surface area (Å²) in [4.78, 5) is 25.7. The topological polar surface area (TPSA) is 46.6 Å². The van der Waals surface area contributed by atoms with Crippen LogP contribution in [0.3, 0.4) is 0 Å². The summed E-state index contributed by atoms with van der Waals surface area (Å²) in [5, 5.41) is 0. The maximum atomic E-state index is 12.2. The van der Waals surface area contributed by atoms with Crippen LogP contribution in [0.5, 0.6) is 0 Å². The molecule has 116 valence electrons. The molecule has 0 atom stereocenters. The Labute approximate surface area is 130 Å². The molecule has 0 bridgehead atoms. The fourth-order valence-corrected chi connectivity index (χ4v) is 3.03. The van der Waals surface area contributed by atoms with Crippen LogP contribution in [0, 0.1) is 5.92 Å². The predicted octanol–water partition coefficient (Wildman–Crippen LogP) is 2.82. The first kappa shape index (κ1) is 14.8. The van der Waals surface area contributed by atoms with Crippen molar-refractivity contribution in [3.05, 3.63) is 41.6 Å². The van der Waals surface area contributed by atoms with E-state index in [0.717, 1.165) is 24.2 Å². The van der Waals surface area contributed by atoms with Crippen LogP contribution in [-0.2, 0) is 19.7 Å². The third-order valence-corrected chi connectivity index (χ3v) is 4.51. The number of ether oxygens (including phenoxy) is 1. The lowest BCUT2D eigenvalue weighted by Crippen LogP contribution is -2.25. The summed E-state index contributed by atoms with van der Waals surface area (Å²) < 4.78 is 5.07. The van der Waals surface area contributed by atoms with Gasteiger partial charge in [0.2, 0.25) is 0 Å². The third-order valence-electron chi connectivity index (χ3n) is 4.51. The summed E-state index contributed by atoms with van der Waals surface area (Å²) in [6.07, 6.45) is 3.39. The molecular weight excluding hydrogens is 278 g/mol. The molecule has 0 N–H and O–H groups in total. The Morgan fingerprint density at radius 2 is 2.00 bits per heavy atom. The summed E-state index contributed by atoms with van der Waals surface area (Å²) in [5.74, 6) is -0.388. The molecule has 0 saturated heterocycles. The highest BCUT2D eigenvalue weighted by molar-refractivity contribution is 5.94. The number of benzene rings is 1. The standard InChI is InChI=1S/C18H21NO3/c1-18(2)14-6-4-5-7-15(14)19(3)16(18)10-13(20)11-22-17(21)12-8-9-12/h4-7,10,12H,8-9,11H2,1-3H3. The van der Waals surface area contributed by atoms with Crippen molar-refractivity contribution in [2.45, 2.75) is 32.1 Å². The molecule has 4 heteroatoms. The molecule has 3 rings (SSSR count). The van der Waals surface area contributed by atoms with Gasteiger partial charge < -0.3 is 9.64 Å². The highest BCUT2D eigenvalue weighted by atomic mass is 16.5. The molecule has 1 aromatic rings. The number of carbonyl (C=O) groups is 2. The monoisotopic (exact) mass is 299 g/mol. The average Bonchev–Trinajstić information content (AvgIpc) is 3.31. The van der Waals surface area contributed by atoms with Gasteiger partial charge in [0, 0.05) is 29.9 Å². The van der Waals surface area contributed by atoms with E-state index in [9.17, 15) is 9.59 Å².